The molecule has 4 fully saturated rings. The number of fused-ring (bicyclic) bond motifs is 5. The van der Waals surface area contributed by atoms with Gasteiger partial charge in [-0.05, 0) is 66.9 Å². The number of nitrogens with zero attached hydrogens (tertiary/aromatic N) is 1. The van der Waals surface area contributed by atoms with Gasteiger partial charge in [0.05, 0.1) is 6.54 Å². The molecule has 0 spiro atoms. The van der Waals surface area contributed by atoms with Crippen LogP contribution in [0.25, 0.3) is 10.9 Å². The van der Waals surface area contributed by atoms with E-state index in [0.717, 1.165) is 62.2 Å². The predicted octanol–water partition coefficient (Wildman–Crippen LogP) is 5.05. The van der Waals surface area contributed by atoms with E-state index in [0.29, 0.717) is 23.8 Å². The molecule has 2 aromatic rings. The molecular weight excluding hydrogens is 422 g/mol. The second-order valence-electron chi connectivity index (χ2n) is 12.2. The van der Waals surface area contributed by atoms with E-state index in [1.807, 2.05) is 4.90 Å². The molecule has 5 nitrogen and oxygen atoms in total. The molecule has 2 amide bonds. The predicted molar refractivity (Wildman–Crippen MR) is 134 cm³/mol. The molecule has 4 saturated carbocycles. The minimum atomic E-state index is -0.177. The summed E-state index contributed by atoms with van der Waals surface area (Å²) < 4.78 is 0. The van der Waals surface area contributed by atoms with Crippen LogP contribution in [-0.4, -0.2) is 34.3 Å². The molecule has 5 aliphatic rings. The summed E-state index contributed by atoms with van der Waals surface area (Å²) in [6.45, 7) is 8.49. The smallest absolute Gasteiger partial charge is 0.226 e. The van der Waals surface area contributed by atoms with E-state index < -0.39 is 0 Å². The van der Waals surface area contributed by atoms with Crippen molar-refractivity contribution in [3.63, 3.8) is 0 Å². The van der Waals surface area contributed by atoms with Gasteiger partial charge in [-0.15, -0.1) is 0 Å². The van der Waals surface area contributed by atoms with Crippen molar-refractivity contribution in [3.8, 4) is 0 Å². The molecule has 2 bridgehead atoms. The third kappa shape index (κ3) is 3.41. The average Bonchev–Trinajstić information content (AvgIpc) is 3.22. The van der Waals surface area contributed by atoms with Crippen molar-refractivity contribution in [1.82, 2.24) is 15.2 Å². The molecule has 4 aliphatic carbocycles. The maximum atomic E-state index is 13.7. The number of hydrogen-bond donors (Lipinski definition) is 2. The summed E-state index contributed by atoms with van der Waals surface area (Å²) in [6, 6.07) is 8.68. The van der Waals surface area contributed by atoms with E-state index in [9.17, 15) is 9.59 Å². The lowest BCUT2D eigenvalue weighted by Gasteiger charge is -2.62. The van der Waals surface area contributed by atoms with Crippen molar-refractivity contribution in [2.45, 2.75) is 78.3 Å². The molecular formula is C29H39N3O2. The molecule has 1 aromatic carbocycles. The summed E-state index contributed by atoms with van der Waals surface area (Å²) in [6.07, 6.45) is 7.06. The normalized spacial score (nSPS) is 34.3. The standard InChI is InChI=1S/C29H39N3O2/c1-17-23-14-18(29(23,2)3)15-25(17)31-27(33)21-9-4-5-10-22(21)28(34)32-13-12-20-19-8-6-7-11-24(19)30-26(20)16-32/h6-8,11,17-18,21-23,25,30H,4-5,9-10,12-16H2,1-3H3,(H,31,33)/t17-,18+,21?,22?,23-,25-/m1/s1. The summed E-state index contributed by atoms with van der Waals surface area (Å²) in [7, 11) is 0. The van der Waals surface area contributed by atoms with Crippen molar-refractivity contribution in [2.24, 2.45) is 35.0 Å². The van der Waals surface area contributed by atoms with Crippen LogP contribution < -0.4 is 5.32 Å². The van der Waals surface area contributed by atoms with Gasteiger partial charge in [0.2, 0.25) is 11.8 Å². The van der Waals surface area contributed by atoms with Crippen molar-refractivity contribution >= 4 is 22.7 Å². The summed E-state index contributed by atoms with van der Waals surface area (Å²) in [5.74, 6) is 1.92. The van der Waals surface area contributed by atoms with Gasteiger partial charge in [0, 0.05) is 41.0 Å². The Hall–Kier alpha value is -2.30. The molecule has 7 rings (SSSR count). The number of nitrogens with one attached hydrogen (secondary N) is 2. The Balaban J connectivity index is 1.15. The quantitative estimate of drug-likeness (QED) is 0.672. The van der Waals surface area contributed by atoms with Gasteiger partial charge in [0.15, 0.2) is 0 Å². The number of carbonyl (C=O) groups is 2. The molecule has 1 aromatic heterocycles. The molecule has 0 saturated heterocycles. The lowest BCUT2D eigenvalue weighted by Crippen LogP contribution is -2.61. The van der Waals surface area contributed by atoms with Gasteiger partial charge >= 0.3 is 0 Å². The van der Waals surface area contributed by atoms with Crippen LogP contribution in [0.2, 0.25) is 0 Å². The van der Waals surface area contributed by atoms with Crippen LogP contribution in [0.4, 0.5) is 0 Å². The molecule has 2 heterocycles. The number of benzene rings is 1. The van der Waals surface area contributed by atoms with E-state index in [1.54, 1.807) is 0 Å². The summed E-state index contributed by atoms with van der Waals surface area (Å²) >= 11 is 0. The van der Waals surface area contributed by atoms with Crippen molar-refractivity contribution in [3.05, 3.63) is 35.5 Å². The van der Waals surface area contributed by atoms with Crippen molar-refractivity contribution in [2.75, 3.05) is 6.54 Å². The number of H-pyrrole nitrogens is 1. The number of aromatic nitrogens is 1. The monoisotopic (exact) mass is 461 g/mol. The number of hydrogen-bond acceptors (Lipinski definition) is 2. The Morgan fingerprint density at radius 2 is 1.85 bits per heavy atom. The van der Waals surface area contributed by atoms with Crippen LogP contribution in [-0.2, 0) is 22.6 Å². The third-order valence-electron chi connectivity index (χ3n) is 10.3. The molecule has 5 heteroatoms. The van der Waals surface area contributed by atoms with E-state index in [4.69, 9.17) is 0 Å². The molecule has 2 N–H and O–H groups in total. The molecule has 2 unspecified atom stereocenters. The fourth-order valence-corrected chi connectivity index (χ4v) is 7.99. The highest BCUT2D eigenvalue weighted by Crippen LogP contribution is 2.61. The van der Waals surface area contributed by atoms with Crippen LogP contribution in [0.15, 0.2) is 24.3 Å². The zero-order valence-electron chi connectivity index (χ0n) is 20.9. The zero-order chi connectivity index (χ0) is 23.6. The Morgan fingerprint density at radius 3 is 2.62 bits per heavy atom. The summed E-state index contributed by atoms with van der Waals surface area (Å²) in [4.78, 5) is 32.8. The first-order valence-corrected chi connectivity index (χ1v) is 13.5. The number of para-hydroxylation sites is 1. The second-order valence-corrected chi connectivity index (χ2v) is 12.2. The highest BCUT2D eigenvalue weighted by molar-refractivity contribution is 5.89. The fourth-order valence-electron chi connectivity index (χ4n) is 7.99. The largest absolute Gasteiger partial charge is 0.357 e. The Morgan fingerprint density at radius 1 is 1.09 bits per heavy atom. The van der Waals surface area contributed by atoms with Crippen LogP contribution in [0, 0.1) is 35.0 Å². The molecule has 0 radical (unpaired) electrons. The maximum absolute atomic E-state index is 13.7. The fraction of sp³-hybridized carbons (Fsp3) is 0.655. The summed E-state index contributed by atoms with van der Waals surface area (Å²) in [5.41, 5.74) is 4.08. The lowest BCUT2D eigenvalue weighted by molar-refractivity contribution is -0.147. The van der Waals surface area contributed by atoms with Crippen LogP contribution in [0.3, 0.4) is 0 Å². The van der Waals surface area contributed by atoms with Crippen molar-refractivity contribution < 1.29 is 9.59 Å². The van der Waals surface area contributed by atoms with Gasteiger partial charge in [-0.3, -0.25) is 9.59 Å². The SMILES string of the molecule is C[C@@H]1[C@H]2C[C@@H](C[C@H]1NC(=O)C1CCCCC1C(=O)N1CCc3c([nH]c4ccccc34)C1)C2(C)C. The van der Waals surface area contributed by atoms with E-state index >= 15 is 0 Å². The molecule has 6 atom stereocenters. The first-order valence-electron chi connectivity index (χ1n) is 13.5. The Kier molecular flexibility index (Phi) is 5.31. The Bertz CT molecular complexity index is 1120. The van der Waals surface area contributed by atoms with Gasteiger partial charge in [0.25, 0.3) is 0 Å². The van der Waals surface area contributed by atoms with Gasteiger partial charge in [-0.1, -0.05) is 51.8 Å². The highest BCUT2D eigenvalue weighted by atomic mass is 16.2. The number of rotatable bonds is 3. The minimum Gasteiger partial charge on any atom is -0.357 e. The van der Waals surface area contributed by atoms with E-state index in [1.165, 1.54) is 17.4 Å². The van der Waals surface area contributed by atoms with Crippen LogP contribution in [0.5, 0.6) is 0 Å². The van der Waals surface area contributed by atoms with Crippen LogP contribution >= 0.6 is 0 Å². The summed E-state index contributed by atoms with van der Waals surface area (Å²) in [5, 5.41) is 4.72. The molecule has 1 aliphatic heterocycles. The highest BCUT2D eigenvalue weighted by Gasteiger charge is 2.56. The molecule has 34 heavy (non-hydrogen) atoms. The van der Waals surface area contributed by atoms with E-state index in [2.05, 4.69) is 55.3 Å². The number of amides is 2. The van der Waals surface area contributed by atoms with Gasteiger partial charge in [-0.2, -0.15) is 0 Å². The first kappa shape index (κ1) is 22.2. The first-order chi connectivity index (χ1) is 16.3. The molecule has 182 valence electrons. The number of aromatic amines is 1. The lowest BCUT2D eigenvalue weighted by atomic mass is 9.44. The van der Waals surface area contributed by atoms with Crippen LogP contribution in [0.1, 0.15) is 70.6 Å². The van der Waals surface area contributed by atoms with Gasteiger partial charge < -0.3 is 15.2 Å². The van der Waals surface area contributed by atoms with Gasteiger partial charge in [-0.25, -0.2) is 0 Å². The van der Waals surface area contributed by atoms with E-state index in [-0.39, 0.29) is 29.7 Å². The number of carbonyl (C=O) groups excluding carboxylic acids is 2. The second kappa shape index (κ2) is 8.13. The average molecular weight is 462 g/mol. The topological polar surface area (TPSA) is 65.2 Å². The minimum absolute atomic E-state index is 0.136. The Labute approximate surface area is 203 Å². The zero-order valence-corrected chi connectivity index (χ0v) is 20.9. The van der Waals surface area contributed by atoms with Crippen molar-refractivity contribution in [1.29, 1.82) is 0 Å². The maximum Gasteiger partial charge on any atom is 0.226 e. The third-order valence-corrected chi connectivity index (χ3v) is 10.3. The van der Waals surface area contributed by atoms with Gasteiger partial charge in [0.1, 0.15) is 0 Å².